The molecule has 1 aromatic rings. The summed E-state index contributed by atoms with van der Waals surface area (Å²) in [6.07, 6.45) is 1.54. The fraction of sp³-hybridized carbons (Fsp3) is 0.556. The maximum atomic E-state index is 13.5. The number of hydrogen-bond acceptors (Lipinski definition) is 2. The van der Waals surface area contributed by atoms with Crippen molar-refractivity contribution in [3.63, 3.8) is 0 Å². The molecule has 0 spiro atoms. The van der Waals surface area contributed by atoms with E-state index in [9.17, 15) is 14.0 Å². The van der Waals surface area contributed by atoms with Crippen molar-refractivity contribution in [1.29, 1.82) is 0 Å². The first-order valence-corrected chi connectivity index (χ1v) is 8.10. The summed E-state index contributed by atoms with van der Waals surface area (Å²) in [6, 6.07) is 6.67. The van der Waals surface area contributed by atoms with E-state index in [-0.39, 0.29) is 35.5 Å². The molecule has 1 aromatic carbocycles. The van der Waals surface area contributed by atoms with Crippen LogP contribution in [-0.2, 0) is 16.0 Å². The summed E-state index contributed by atoms with van der Waals surface area (Å²) in [6.45, 7) is 6.88. The first-order chi connectivity index (χ1) is 10.8. The van der Waals surface area contributed by atoms with E-state index < -0.39 is 0 Å². The van der Waals surface area contributed by atoms with Gasteiger partial charge in [0, 0.05) is 25.0 Å². The Labute approximate surface area is 137 Å². The average molecular weight is 320 g/mol. The van der Waals surface area contributed by atoms with Crippen LogP contribution in [0.25, 0.3) is 0 Å². The van der Waals surface area contributed by atoms with Gasteiger partial charge in [-0.15, -0.1) is 0 Å². The minimum atomic E-state index is -0.282. The Balaban J connectivity index is 1.76. The summed E-state index contributed by atoms with van der Waals surface area (Å²) >= 11 is 0. The number of carbonyl (C=O) groups is 2. The largest absolute Gasteiger partial charge is 0.356 e. The molecule has 1 heterocycles. The van der Waals surface area contributed by atoms with Gasteiger partial charge in [-0.05, 0) is 45.2 Å². The summed E-state index contributed by atoms with van der Waals surface area (Å²) in [4.78, 5) is 25.9. The van der Waals surface area contributed by atoms with Crippen molar-refractivity contribution in [2.75, 3.05) is 13.1 Å². The van der Waals surface area contributed by atoms with E-state index in [2.05, 4.69) is 5.32 Å². The molecule has 0 aliphatic carbocycles. The van der Waals surface area contributed by atoms with Gasteiger partial charge in [0.2, 0.25) is 11.8 Å². The van der Waals surface area contributed by atoms with Crippen molar-refractivity contribution in [2.45, 2.75) is 45.6 Å². The zero-order valence-corrected chi connectivity index (χ0v) is 14.1. The monoisotopic (exact) mass is 320 g/mol. The van der Waals surface area contributed by atoms with Crippen LogP contribution in [0.15, 0.2) is 24.3 Å². The number of halogens is 1. The smallest absolute Gasteiger partial charge is 0.225 e. The Morgan fingerprint density at radius 2 is 2.04 bits per heavy atom. The number of aryl methyl sites for hydroxylation is 1. The molecule has 126 valence electrons. The second kappa shape index (κ2) is 7.11. The van der Waals surface area contributed by atoms with E-state index in [1.807, 2.05) is 26.8 Å². The van der Waals surface area contributed by atoms with Gasteiger partial charge in [-0.25, -0.2) is 4.39 Å². The lowest BCUT2D eigenvalue weighted by Gasteiger charge is -2.31. The molecule has 1 N–H and O–H groups in total. The summed E-state index contributed by atoms with van der Waals surface area (Å²) in [5.74, 6) is -0.543. The van der Waals surface area contributed by atoms with E-state index in [0.29, 0.717) is 31.5 Å². The minimum absolute atomic E-state index is 0.0315. The maximum absolute atomic E-state index is 13.5. The zero-order chi connectivity index (χ0) is 17.0. The number of likely N-dealkylation sites (tertiary alicyclic amines) is 1. The molecule has 0 radical (unpaired) electrons. The van der Waals surface area contributed by atoms with Crippen molar-refractivity contribution in [2.24, 2.45) is 5.92 Å². The number of nitrogens with zero attached hydrogens (tertiary/aromatic N) is 1. The predicted octanol–water partition coefficient (Wildman–Crippen LogP) is 2.52. The second-order valence-electron chi connectivity index (χ2n) is 7.06. The van der Waals surface area contributed by atoms with Crippen LogP contribution in [-0.4, -0.2) is 35.3 Å². The first kappa shape index (κ1) is 17.4. The van der Waals surface area contributed by atoms with Crippen molar-refractivity contribution in [3.8, 4) is 0 Å². The van der Waals surface area contributed by atoms with Gasteiger partial charge in [0.25, 0.3) is 0 Å². The van der Waals surface area contributed by atoms with Gasteiger partial charge >= 0.3 is 0 Å². The summed E-state index contributed by atoms with van der Waals surface area (Å²) < 4.78 is 13.5. The Hall–Kier alpha value is -1.91. The highest BCUT2D eigenvalue weighted by atomic mass is 19.1. The number of benzene rings is 1. The summed E-state index contributed by atoms with van der Waals surface area (Å²) in [5, 5.41) is 2.87. The maximum Gasteiger partial charge on any atom is 0.225 e. The number of rotatable bonds is 5. The van der Waals surface area contributed by atoms with E-state index in [0.717, 1.165) is 0 Å². The van der Waals surface area contributed by atoms with Crippen molar-refractivity contribution in [3.05, 3.63) is 35.6 Å². The van der Waals surface area contributed by atoms with Crippen molar-refractivity contribution < 1.29 is 14.0 Å². The molecule has 0 aromatic heterocycles. The quantitative estimate of drug-likeness (QED) is 0.848. The Morgan fingerprint density at radius 3 is 2.65 bits per heavy atom. The molecule has 1 aliphatic rings. The minimum Gasteiger partial charge on any atom is -0.356 e. The third kappa shape index (κ3) is 4.53. The number of carbonyl (C=O) groups excluding carboxylic acids is 2. The van der Waals surface area contributed by atoms with Gasteiger partial charge in [0.05, 0.1) is 5.92 Å². The topological polar surface area (TPSA) is 49.4 Å². The van der Waals surface area contributed by atoms with E-state index in [4.69, 9.17) is 0 Å². The zero-order valence-electron chi connectivity index (χ0n) is 14.1. The highest BCUT2D eigenvalue weighted by Gasteiger charge is 2.39. The van der Waals surface area contributed by atoms with Gasteiger partial charge < -0.3 is 10.2 Å². The molecule has 0 unspecified atom stereocenters. The van der Waals surface area contributed by atoms with Gasteiger partial charge in [0.1, 0.15) is 5.82 Å². The van der Waals surface area contributed by atoms with Crippen LogP contribution in [0.4, 0.5) is 4.39 Å². The number of hydrogen-bond donors (Lipinski definition) is 1. The summed E-state index contributed by atoms with van der Waals surface area (Å²) in [5.41, 5.74) is 0.411. The fourth-order valence-corrected chi connectivity index (χ4v) is 2.87. The molecule has 0 bridgehead atoms. The van der Waals surface area contributed by atoms with E-state index in [1.165, 1.54) is 6.07 Å². The van der Waals surface area contributed by atoms with Crippen LogP contribution >= 0.6 is 0 Å². The average Bonchev–Trinajstić information content (AvgIpc) is 2.87. The highest BCUT2D eigenvalue weighted by molar-refractivity contribution is 5.89. The molecule has 5 heteroatoms. The van der Waals surface area contributed by atoms with Crippen LogP contribution in [0.3, 0.4) is 0 Å². The molecule has 0 saturated carbocycles. The Morgan fingerprint density at radius 1 is 1.35 bits per heavy atom. The molecular formula is C18H25FN2O2. The number of amides is 2. The van der Waals surface area contributed by atoms with Crippen LogP contribution in [0.1, 0.15) is 39.2 Å². The highest BCUT2D eigenvalue weighted by Crippen LogP contribution is 2.25. The molecule has 4 nitrogen and oxygen atoms in total. The van der Waals surface area contributed by atoms with Gasteiger partial charge in [-0.2, -0.15) is 0 Å². The molecule has 2 rings (SSSR count). The number of nitrogens with one attached hydrogen (secondary N) is 1. The van der Waals surface area contributed by atoms with Crippen LogP contribution in [0.5, 0.6) is 0 Å². The van der Waals surface area contributed by atoms with Crippen molar-refractivity contribution in [1.82, 2.24) is 10.2 Å². The molecule has 2 amide bonds. The van der Waals surface area contributed by atoms with Gasteiger partial charge in [0.15, 0.2) is 0 Å². The van der Waals surface area contributed by atoms with Crippen LogP contribution in [0, 0.1) is 11.7 Å². The first-order valence-electron chi connectivity index (χ1n) is 8.10. The van der Waals surface area contributed by atoms with Crippen molar-refractivity contribution >= 4 is 11.8 Å². The molecule has 1 aliphatic heterocycles. The van der Waals surface area contributed by atoms with Crippen LogP contribution < -0.4 is 5.32 Å². The standard InChI is InChI=1S/C18H25FN2O2/c1-18(2,3)21-12-14(11-16(21)22)17(23)20-10-6-8-13-7-4-5-9-15(13)19/h4-5,7,9,14H,6,8,10-12H2,1-3H3,(H,20,23)/t14-/m0/s1. The Kier molecular flexibility index (Phi) is 5.39. The van der Waals surface area contributed by atoms with Gasteiger partial charge in [-0.1, -0.05) is 18.2 Å². The third-order valence-corrected chi connectivity index (χ3v) is 4.19. The lowest BCUT2D eigenvalue weighted by molar-refractivity contribution is -0.132. The van der Waals surface area contributed by atoms with E-state index in [1.54, 1.807) is 17.0 Å². The third-order valence-electron chi connectivity index (χ3n) is 4.19. The fourth-order valence-electron chi connectivity index (χ4n) is 2.87. The molecule has 1 saturated heterocycles. The lowest BCUT2D eigenvalue weighted by atomic mass is 10.1. The second-order valence-corrected chi connectivity index (χ2v) is 7.06. The molecular weight excluding hydrogens is 295 g/mol. The SMILES string of the molecule is CC(C)(C)N1C[C@@H](C(=O)NCCCc2ccccc2F)CC1=O. The molecule has 1 fully saturated rings. The van der Waals surface area contributed by atoms with Crippen LogP contribution in [0.2, 0.25) is 0 Å². The van der Waals surface area contributed by atoms with Gasteiger partial charge in [-0.3, -0.25) is 9.59 Å². The molecule has 23 heavy (non-hydrogen) atoms. The normalized spacial score (nSPS) is 18.3. The van der Waals surface area contributed by atoms with E-state index >= 15 is 0 Å². The lowest BCUT2D eigenvalue weighted by Crippen LogP contribution is -2.43. The predicted molar refractivity (Wildman–Crippen MR) is 87.3 cm³/mol. The Bertz CT molecular complexity index is 581. The molecule has 1 atom stereocenters. The summed E-state index contributed by atoms with van der Waals surface area (Å²) in [7, 11) is 0.